The number of piperidine rings is 1. The topological polar surface area (TPSA) is 103 Å². The van der Waals surface area contributed by atoms with Crippen molar-refractivity contribution < 1.29 is 28.2 Å². The number of phenolic OH excluding ortho intramolecular Hbond substituents is 1. The van der Waals surface area contributed by atoms with Crippen molar-refractivity contribution in [3.05, 3.63) is 113 Å². The van der Waals surface area contributed by atoms with Crippen molar-refractivity contribution in [3.8, 4) is 16.9 Å². The third-order valence-electron chi connectivity index (χ3n) is 7.71. The van der Waals surface area contributed by atoms with Crippen molar-refractivity contribution in [2.45, 2.75) is 38.5 Å². The lowest BCUT2D eigenvalue weighted by molar-refractivity contribution is -0.116. The molecule has 4 aromatic rings. The normalized spacial score (nSPS) is 13.7. The number of carbonyl (C=O) groups is 2. The van der Waals surface area contributed by atoms with Crippen molar-refractivity contribution in [1.82, 2.24) is 10.2 Å². The van der Waals surface area contributed by atoms with E-state index in [0.29, 0.717) is 68.6 Å². The average molecular weight is 649 g/mol. The molecule has 2 amide bonds. The van der Waals surface area contributed by atoms with E-state index in [4.69, 9.17) is 16.3 Å². The van der Waals surface area contributed by atoms with Gasteiger partial charge >= 0.3 is 6.09 Å². The predicted molar refractivity (Wildman–Crippen MR) is 175 cm³/mol. The van der Waals surface area contributed by atoms with Gasteiger partial charge in [-0.05, 0) is 72.0 Å². The van der Waals surface area contributed by atoms with Gasteiger partial charge in [-0.25, -0.2) is 13.6 Å². The summed E-state index contributed by atoms with van der Waals surface area (Å²) in [7, 11) is 0. The molecule has 4 N–H and O–H groups in total. The number of benzene rings is 4. The quantitative estimate of drug-likeness (QED) is 0.136. The first kappa shape index (κ1) is 32.9. The Kier molecular flexibility index (Phi) is 11.2. The molecular weight excluding hydrogens is 614 g/mol. The second-order valence-electron chi connectivity index (χ2n) is 11.2. The molecule has 0 spiro atoms. The van der Waals surface area contributed by atoms with Gasteiger partial charge in [0.2, 0.25) is 5.91 Å². The zero-order valence-corrected chi connectivity index (χ0v) is 25.8. The first-order chi connectivity index (χ1) is 22.2. The monoisotopic (exact) mass is 648 g/mol. The average Bonchev–Trinajstić information content (AvgIpc) is 3.04. The summed E-state index contributed by atoms with van der Waals surface area (Å²) in [6, 6.07) is 23.1. The van der Waals surface area contributed by atoms with Crippen LogP contribution in [-0.2, 0) is 22.6 Å². The predicted octanol–water partition coefficient (Wildman–Crippen LogP) is 7.32. The van der Waals surface area contributed by atoms with Gasteiger partial charge in [0.15, 0.2) is 0 Å². The molecule has 0 aromatic heterocycles. The molecular formula is C35H35ClF2N4O4. The van der Waals surface area contributed by atoms with Gasteiger partial charge in [-0.1, -0.05) is 48.0 Å². The van der Waals surface area contributed by atoms with Crippen LogP contribution in [0.5, 0.6) is 5.75 Å². The van der Waals surface area contributed by atoms with E-state index >= 15 is 0 Å². The molecule has 240 valence electrons. The van der Waals surface area contributed by atoms with E-state index in [-0.39, 0.29) is 29.0 Å². The molecule has 11 heteroatoms. The summed E-state index contributed by atoms with van der Waals surface area (Å²) in [5.41, 5.74) is 3.30. The van der Waals surface area contributed by atoms with Gasteiger partial charge in [-0.15, -0.1) is 0 Å². The highest BCUT2D eigenvalue weighted by Crippen LogP contribution is 2.33. The number of nitrogens with zero attached hydrogens (tertiary/aromatic N) is 1. The van der Waals surface area contributed by atoms with Crippen LogP contribution in [0.4, 0.5) is 25.0 Å². The molecule has 8 nitrogen and oxygen atoms in total. The molecule has 0 atom stereocenters. The van der Waals surface area contributed by atoms with Gasteiger partial charge in [0.25, 0.3) is 0 Å². The number of phenols is 1. The highest BCUT2D eigenvalue weighted by molar-refractivity contribution is 6.30. The van der Waals surface area contributed by atoms with Crippen molar-refractivity contribution in [2.75, 3.05) is 30.3 Å². The van der Waals surface area contributed by atoms with Gasteiger partial charge in [-0.3, -0.25) is 10.1 Å². The number of halogens is 3. The number of nitrogens with one attached hydrogen (secondary N) is 3. The highest BCUT2D eigenvalue weighted by Gasteiger charge is 2.24. The van der Waals surface area contributed by atoms with Crippen LogP contribution >= 0.6 is 11.6 Å². The van der Waals surface area contributed by atoms with Crippen LogP contribution in [0.2, 0.25) is 5.02 Å². The summed E-state index contributed by atoms with van der Waals surface area (Å²) in [5, 5.41) is 18.5. The Labute approximate surface area is 271 Å². The molecule has 0 aliphatic carbocycles. The maximum Gasteiger partial charge on any atom is 0.412 e. The van der Waals surface area contributed by atoms with E-state index in [9.17, 15) is 23.5 Å². The van der Waals surface area contributed by atoms with Crippen LogP contribution in [0.3, 0.4) is 0 Å². The molecule has 46 heavy (non-hydrogen) atoms. The standard InChI is InChI=1S/C35H35ClF2N4O4/c36-26-3-1-2-25(18-26)31-19-27(37)20-32(38)34(31)41-35(45)46-30-12-15-42(16-13-30)17-14-33(44)40-28-8-4-23(5-9-28)21-39-22-24-6-10-29(43)11-7-24/h1-11,18-20,30,39,43H,12-17,21-22H2,(H,40,44)(H,41,45). The fraction of sp³-hybridized carbons (Fsp3) is 0.257. The largest absolute Gasteiger partial charge is 0.508 e. The first-order valence-corrected chi connectivity index (χ1v) is 15.4. The van der Waals surface area contributed by atoms with Crippen LogP contribution in [0, 0.1) is 11.6 Å². The minimum Gasteiger partial charge on any atom is -0.508 e. The van der Waals surface area contributed by atoms with Gasteiger partial charge in [0.05, 0.1) is 5.69 Å². The van der Waals surface area contributed by atoms with Crippen LogP contribution in [-0.4, -0.2) is 47.7 Å². The molecule has 0 saturated carbocycles. The zero-order chi connectivity index (χ0) is 32.5. The molecule has 1 saturated heterocycles. The second-order valence-corrected chi connectivity index (χ2v) is 11.6. The van der Waals surface area contributed by atoms with Crippen LogP contribution in [0.25, 0.3) is 11.1 Å². The lowest BCUT2D eigenvalue weighted by atomic mass is 10.0. The SMILES string of the molecule is O=C(CCN1CCC(OC(=O)Nc2c(F)cc(F)cc2-c2cccc(Cl)c2)CC1)Nc1ccc(CNCc2ccc(O)cc2)cc1. The van der Waals surface area contributed by atoms with Gasteiger partial charge < -0.3 is 25.4 Å². The molecule has 1 aliphatic rings. The summed E-state index contributed by atoms with van der Waals surface area (Å²) in [5.74, 6) is -1.55. The van der Waals surface area contributed by atoms with E-state index in [1.54, 1.807) is 36.4 Å². The Balaban J connectivity index is 1.02. The summed E-state index contributed by atoms with van der Waals surface area (Å²) >= 11 is 6.05. The highest BCUT2D eigenvalue weighted by atomic mass is 35.5. The fourth-order valence-corrected chi connectivity index (χ4v) is 5.46. The zero-order valence-electron chi connectivity index (χ0n) is 25.1. The number of hydrogen-bond acceptors (Lipinski definition) is 6. The van der Waals surface area contributed by atoms with E-state index in [1.807, 2.05) is 36.4 Å². The number of ether oxygens (including phenoxy) is 1. The van der Waals surface area contributed by atoms with Gasteiger partial charge in [0, 0.05) is 61.5 Å². The maximum absolute atomic E-state index is 14.7. The number of anilines is 2. The molecule has 5 rings (SSSR count). The number of carbonyl (C=O) groups excluding carboxylic acids is 2. The number of hydrogen-bond donors (Lipinski definition) is 4. The summed E-state index contributed by atoms with van der Waals surface area (Å²) in [6.07, 6.45) is 0.232. The Bertz CT molecular complexity index is 1650. The number of aromatic hydroxyl groups is 1. The fourth-order valence-electron chi connectivity index (χ4n) is 5.27. The van der Waals surface area contributed by atoms with Crippen LogP contribution < -0.4 is 16.0 Å². The Morgan fingerprint density at radius 1 is 0.891 bits per heavy atom. The van der Waals surface area contributed by atoms with E-state index in [1.165, 1.54) is 0 Å². The molecule has 0 unspecified atom stereocenters. The maximum atomic E-state index is 14.7. The third kappa shape index (κ3) is 9.50. The number of likely N-dealkylation sites (tertiary alicyclic amines) is 1. The van der Waals surface area contributed by atoms with E-state index < -0.39 is 17.7 Å². The van der Waals surface area contributed by atoms with Crippen molar-refractivity contribution in [2.24, 2.45) is 0 Å². The molecule has 0 bridgehead atoms. The molecule has 1 heterocycles. The molecule has 4 aromatic carbocycles. The lowest BCUT2D eigenvalue weighted by Crippen LogP contribution is -2.39. The summed E-state index contributed by atoms with van der Waals surface area (Å²) < 4.78 is 34.3. The minimum atomic E-state index is -0.921. The minimum absolute atomic E-state index is 0.0900. The molecule has 1 fully saturated rings. The third-order valence-corrected chi connectivity index (χ3v) is 7.95. The van der Waals surface area contributed by atoms with Crippen molar-refractivity contribution >= 4 is 35.0 Å². The van der Waals surface area contributed by atoms with Gasteiger partial charge in [0.1, 0.15) is 23.5 Å². The Morgan fingerprint density at radius 2 is 1.57 bits per heavy atom. The molecule has 0 radical (unpaired) electrons. The number of rotatable bonds is 11. The summed E-state index contributed by atoms with van der Waals surface area (Å²) in [6.45, 7) is 3.18. The van der Waals surface area contributed by atoms with Crippen molar-refractivity contribution in [1.29, 1.82) is 0 Å². The van der Waals surface area contributed by atoms with Crippen LogP contribution in [0.15, 0.2) is 84.9 Å². The van der Waals surface area contributed by atoms with Gasteiger partial charge in [-0.2, -0.15) is 0 Å². The molecule has 1 aliphatic heterocycles. The summed E-state index contributed by atoms with van der Waals surface area (Å²) in [4.78, 5) is 27.4. The van der Waals surface area contributed by atoms with E-state index in [0.717, 1.165) is 22.9 Å². The number of amides is 2. The first-order valence-electron chi connectivity index (χ1n) is 15.0. The van der Waals surface area contributed by atoms with E-state index in [2.05, 4.69) is 20.9 Å². The van der Waals surface area contributed by atoms with Crippen LogP contribution in [0.1, 0.15) is 30.4 Å². The second kappa shape index (κ2) is 15.7. The Morgan fingerprint density at radius 3 is 2.24 bits per heavy atom. The smallest absolute Gasteiger partial charge is 0.412 e. The van der Waals surface area contributed by atoms with Crippen molar-refractivity contribution in [3.63, 3.8) is 0 Å². The lowest BCUT2D eigenvalue weighted by Gasteiger charge is -2.31. The Hall–Kier alpha value is -4.51.